The fourth-order valence-electron chi connectivity index (χ4n) is 1.90. The van der Waals surface area contributed by atoms with Gasteiger partial charge in [-0.2, -0.15) is 0 Å². The standard InChI is InChI=1S/C12H17N3O/c13-11(10-5-2-1-3-6-10)9-15-8-4-7-14-12(15)16/h1-3,5-6,11H,4,7-9,13H2,(H,14,16). The Hall–Kier alpha value is -1.55. The highest BCUT2D eigenvalue weighted by molar-refractivity contribution is 5.74. The first-order valence-electron chi connectivity index (χ1n) is 5.60. The molecular formula is C12H17N3O. The lowest BCUT2D eigenvalue weighted by atomic mass is 10.1. The van der Waals surface area contributed by atoms with Crippen LogP contribution in [0.3, 0.4) is 0 Å². The average Bonchev–Trinajstić information content (AvgIpc) is 2.33. The molecule has 1 heterocycles. The van der Waals surface area contributed by atoms with Gasteiger partial charge in [0, 0.05) is 25.7 Å². The number of benzene rings is 1. The van der Waals surface area contributed by atoms with E-state index in [9.17, 15) is 4.79 Å². The highest BCUT2D eigenvalue weighted by atomic mass is 16.2. The molecule has 1 aliphatic heterocycles. The van der Waals surface area contributed by atoms with Crippen molar-refractivity contribution < 1.29 is 4.79 Å². The van der Waals surface area contributed by atoms with Gasteiger partial charge in [0.1, 0.15) is 0 Å². The molecule has 1 unspecified atom stereocenters. The molecule has 3 N–H and O–H groups in total. The van der Waals surface area contributed by atoms with Crippen molar-refractivity contribution >= 4 is 6.03 Å². The summed E-state index contributed by atoms with van der Waals surface area (Å²) in [5.41, 5.74) is 7.14. The molecule has 0 spiro atoms. The van der Waals surface area contributed by atoms with Crippen LogP contribution in [0.1, 0.15) is 18.0 Å². The third-order valence-electron chi connectivity index (χ3n) is 2.81. The molecule has 86 valence electrons. The van der Waals surface area contributed by atoms with Crippen molar-refractivity contribution in [1.29, 1.82) is 0 Å². The van der Waals surface area contributed by atoms with Gasteiger partial charge in [-0.05, 0) is 12.0 Å². The Morgan fingerprint density at radius 3 is 2.81 bits per heavy atom. The summed E-state index contributed by atoms with van der Waals surface area (Å²) in [6, 6.07) is 9.77. The maximum absolute atomic E-state index is 11.5. The first-order chi connectivity index (χ1) is 7.77. The van der Waals surface area contributed by atoms with Crippen LogP contribution in [0.15, 0.2) is 30.3 Å². The van der Waals surface area contributed by atoms with Crippen LogP contribution < -0.4 is 11.1 Å². The molecule has 1 saturated heterocycles. The second kappa shape index (κ2) is 4.99. The fourth-order valence-corrected chi connectivity index (χ4v) is 1.90. The molecule has 1 aromatic rings. The van der Waals surface area contributed by atoms with Crippen LogP contribution in [0.2, 0.25) is 0 Å². The second-order valence-electron chi connectivity index (χ2n) is 4.05. The minimum absolute atomic E-state index is 0.00219. The highest BCUT2D eigenvalue weighted by Crippen LogP contribution is 2.12. The van der Waals surface area contributed by atoms with E-state index in [4.69, 9.17) is 5.73 Å². The molecule has 16 heavy (non-hydrogen) atoms. The Balaban J connectivity index is 1.96. The van der Waals surface area contributed by atoms with E-state index in [0.29, 0.717) is 6.54 Å². The topological polar surface area (TPSA) is 58.4 Å². The predicted molar refractivity (Wildman–Crippen MR) is 63.0 cm³/mol. The van der Waals surface area contributed by atoms with Gasteiger partial charge >= 0.3 is 6.03 Å². The molecule has 0 aliphatic carbocycles. The van der Waals surface area contributed by atoms with E-state index in [0.717, 1.165) is 25.1 Å². The molecule has 2 amide bonds. The lowest BCUT2D eigenvalue weighted by molar-refractivity contribution is 0.182. The van der Waals surface area contributed by atoms with Crippen molar-refractivity contribution in [2.24, 2.45) is 5.73 Å². The normalized spacial score (nSPS) is 18.1. The Bertz CT molecular complexity index is 353. The zero-order chi connectivity index (χ0) is 11.4. The summed E-state index contributed by atoms with van der Waals surface area (Å²) in [5.74, 6) is 0. The van der Waals surface area contributed by atoms with Crippen molar-refractivity contribution in [3.8, 4) is 0 Å². The SMILES string of the molecule is NC(CN1CCCNC1=O)c1ccccc1. The monoisotopic (exact) mass is 219 g/mol. The van der Waals surface area contributed by atoms with E-state index in [1.54, 1.807) is 4.90 Å². The van der Waals surface area contributed by atoms with Crippen molar-refractivity contribution in [1.82, 2.24) is 10.2 Å². The van der Waals surface area contributed by atoms with E-state index in [1.807, 2.05) is 30.3 Å². The number of carbonyl (C=O) groups is 1. The molecule has 0 aromatic heterocycles. The molecular weight excluding hydrogens is 202 g/mol. The molecule has 1 fully saturated rings. The van der Waals surface area contributed by atoms with E-state index in [-0.39, 0.29) is 12.1 Å². The maximum Gasteiger partial charge on any atom is 0.317 e. The van der Waals surface area contributed by atoms with Crippen LogP contribution >= 0.6 is 0 Å². The number of hydrogen-bond donors (Lipinski definition) is 2. The molecule has 1 aromatic carbocycles. The van der Waals surface area contributed by atoms with Gasteiger partial charge < -0.3 is 16.0 Å². The lowest BCUT2D eigenvalue weighted by Crippen LogP contribution is -2.48. The number of nitrogens with one attached hydrogen (secondary N) is 1. The van der Waals surface area contributed by atoms with Gasteiger partial charge in [0.15, 0.2) is 0 Å². The molecule has 1 aliphatic rings. The summed E-state index contributed by atoms with van der Waals surface area (Å²) in [4.78, 5) is 13.3. The molecule has 2 rings (SSSR count). The number of nitrogens with zero attached hydrogens (tertiary/aromatic N) is 1. The number of carbonyl (C=O) groups excluding carboxylic acids is 1. The minimum Gasteiger partial charge on any atom is -0.338 e. The third-order valence-corrected chi connectivity index (χ3v) is 2.81. The summed E-state index contributed by atoms with van der Waals surface area (Å²) in [6.45, 7) is 2.15. The first-order valence-corrected chi connectivity index (χ1v) is 5.60. The van der Waals surface area contributed by atoms with Gasteiger partial charge in [-0.15, -0.1) is 0 Å². The predicted octanol–water partition coefficient (Wildman–Crippen LogP) is 1.10. The van der Waals surface area contributed by atoms with Gasteiger partial charge in [0.2, 0.25) is 0 Å². The highest BCUT2D eigenvalue weighted by Gasteiger charge is 2.20. The summed E-state index contributed by atoms with van der Waals surface area (Å²) in [5, 5.41) is 2.82. The molecule has 4 heteroatoms. The minimum atomic E-state index is -0.106. The van der Waals surface area contributed by atoms with Crippen molar-refractivity contribution in [2.45, 2.75) is 12.5 Å². The third kappa shape index (κ3) is 2.52. The van der Waals surface area contributed by atoms with Crippen LogP contribution in [0.4, 0.5) is 4.79 Å². The Morgan fingerprint density at radius 2 is 2.12 bits per heavy atom. The van der Waals surface area contributed by atoms with Crippen molar-refractivity contribution in [3.63, 3.8) is 0 Å². The molecule has 0 saturated carbocycles. The van der Waals surface area contributed by atoms with E-state index in [1.165, 1.54) is 0 Å². The smallest absolute Gasteiger partial charge is 0.317 e. The number of nitrogens with two attached hydrogens (primary N) is 1. The van der Waals surface area contributed by atoms with Crippen LogP contribution in [0, 0.1) is 0 Å². The second-order valence-corrected chi connectivity index (χ2v) is 4.05. The van der Waals surface area contributed by atoms with Crippen LogP contribution in [-0.4, -0.2) is 30.6 Å². The van der Waals surface area contributed by atoms with Gasteiger partial charge in [0.05, 0.1) is 0 Å². The van der Waals surface area contributed by atoms with E-state index in [2.05, 4.69) is 5.32 Å². The zero-order valence-electron chi connectivity index (χ0n) is 9.23. The molecule has 4 nitrogen and oxygen atoms in total. The quantitative estimate of drug-likeness (QED) is 0.799. The maximum atomic E-state index is 11.5. The number of urea groups is 1. The summed E-state index contributed by atoms with van der Waals surface area (Å²) in [7, 11) is 0. The van der Waals surface area contributed by atoms with Gasteiger partial charge in [0.25, 0.3) is 0 Å². The Labute approximate surface area is 95.4 Å². The van der Waals surface area contributed by atoms with Crippen LogP contribution in [0.25, 0.3) is 0 Å². The van der Waals surface area contributed by atoms with Gasteiger partial charge in [-0.3, -0.25) is 0 Å². The van der Waals surface area contributed by atoms with Crippen molar-refractivity contribution in [2.75, 3.05) is 19.6 Å². The number of amides is 2. The molecule has 1 atom stereocenters. The van der Waals surface area contributed by atoms with Gasteiger partial charge in [-0.25, -0.2) is 4.79 Å². The average molecular weight is 219 g/mol. The van der Waals surface area contributed by atoms with E-state index >= 15 is 0 Å². The number of hydrogen-bond acceptors (Lipinski definition) is 2. The molecule has 0 bridgehead atoms. The molecule has 0 radical (unpaired) electrons. The Kier molecular flexibility index (Phi) is 3.41. The fraction of sp³-hybridized carbons (Fsp3) is 0.417. The Morgan fingerprint density at radius 1 is 1.38 bits per heavy atom. The van der Waals surface area contributed by atoms with Crippen LogP contribution in [-0.2, 0) is 0 Å². The summed E-state index contributed by atoms with van der Waals surface area (Å²) < 4.78 is 0. The summed E-state index contributed by atoms with van der Waals surface area (Å²) >= 11 is 0. The first kappa shape index (κ1) is 11.0. The lowest BCUT2D eigenvalue weighted by Gasteiger charge is -2.29. The van der Waals surface area contributed by atoms with Crippen LogP contribution in [0.5, 0.6) is 0 Å². The number of rotatable bonds is 3. The largest absolute Gasteiger partial charge is 0.338 e. The summed E-state index contributed by atoms with van der Waals surface area (Å²) in [6.07, 6.45) is 0.993. The van der Waals surface area contributed by atoms with Crippen molar-refractivity contribution in [3.05, 3.63) is 35.9 Å². The zero-order valence-corrected chi connectivity index (χ0v) is 9.23. The van der Waals surface area contributed by atoms with Gasteiger partial charge in [-0.1, -0.05) is 30.3 Å². The van der Waals surface area contributed by atoms with E-state index < -0.39 is 0 Å².